The summed E-state index contributed by atoms with van der Waals surface area (Å²) in [6.07, 6.45) is 1.09. The van der Waals surface area contributed by atoms with Crippen LogP contribution in [0.2, 0.25) is 0 Å². The normalized spacial score (nSPS) is 14.2. The van der Waals surface area contributed by atoms with Crippen LogP contribution >= 0.6 is 23.5 Å². The largest absolute Gasteiger partial charge is 0.369 e. The van der Waals surface area contributed by atoms with E-state index < -0.39 is 0 Å². The highest BCUT2D eigenvalue weighted by Crippen LogP contribution is 2.12. The maximum Gasteiger partial charge on any atom is 0.227 e. The molecule has 2 unspecified atom stereocenters. The zero-order valence-electron chi connectivity index (χ0n) is 14.8. The fourth-order valence-corrected chi connectivity index (χ4v) is 3.84. The number of primary amides is 2. The van der Waals surface area contributed by atoms with Gasteiger partial charge in [-0.15, -0.1) is 23.5 Å². The standard InChI is InChI=1S/C15H32N4O2S2/c1-12(22-10-14(16)20)8-18(3)6-5-7-19(4)9-13(2)23-11-15(17)21/h12-13H,5-11H2,1-4H3,(H2,16,20)(H2,17,21). The Labute approximate surface area is 149 Å². The predicted molar refractivity (Wildman–Crippen MR) is 102 cm³/mol. The monoisotopic (exact) mass is 364 g/mol. The van der Waals surface area contributed by atoms with Crippen LogP contribution < -0.4 is 11.5 Å². The Balaban J connectivity index is 3.74. The Hall–Kier alpha value is -0.440. The summed E-state index contributed by atoms with van der Waals surface area (Å²) in [6.45, 7) is 8.18. The Bertz CT molecular complexity index is 326. The zero-order chi connectivity index (χ0) is 17.8. The first kappa shape index (κ1) is 22.6. The highest BCUT2D eigenvalue weighted by atomic mass is 32.2. The first-order chi connectivity index (χ1) is 10.7. The molecular weight excluding hydrogens is 332 g/mol. The van der Waals surface area contributed by atoms with E-state index >= 15 is 0 Å². The van der Waals surface area contributed by atoms with E-state index in [1.165, 1.54) is 0 Å². The molecule has 0 spiro atoms. The lowest BCUT2D eigenvalue weighted by atomic mass is 10.3. The maximum absolute atomic E-state index is 10.8. The van der Waals surface area contributed by atoms with E-state index in [2.05, 4.69) is 37.7 Å². The number of carbonyl (C=O) groups is 2. The van der Waals surface area contributed by atoms with E-state index in [4.69, 9.17) is 11.5 Å². The summed E-state index contributed by atoms with van der Waals surface area (Å²) in [6, 6.07) is 0. The molecule has 0 radical (unpaired) electrons. The summed E-state index contributed by atoms with van der Waals surface area (Å²) >= 11 is 3.20. The average molecular weight is 365 g/mol. The molecule has 2 atom stereocenters. The molecule has 0 fully saturated rings. The summed E-state index contributed by atoms with van der Waals surface area (Å²) in [5.41, 5.74) is 10.3. The molecule has 0 bridgehead atoms. The molecule has 4 N–H and O–H groups in total. The number of rotatable bonds is 14. The Morgan fingerprint density at radius 2 is 1.22 bits per heavy atom. The molecule has 0 aromatic carbocycles. The van der Waals surface area contributed by atoms with Gasteiger partial charge in [0.05, 0.1) is 11.5 Å². The lowest BCUT2D eigenvalue weighted by Crippen LogP contribution is -2.32. The minimum Gasteiger partial charge on any atom is -0.369 e. The molecule has 0 saturated heterocycles. The van der Waals surface area contributed by atoms with Gasteiger partial charge in [0.1, 0.15) is 0 Å². The SMILES string of the molecule is CC(CN(C)CCCN(C)CC(C)SCC(N)=O)SCC(N)=O. The molecule has 136 valence electrons. The van der Waals surface area contributed by atoms with Crippen LogP contribution in [0.3, 0.4) is 0 Å². The molecule has 6 nitrogen and oxygen atoms in total. The van der Waals surface area contributed by atoms with Crippen molar-refractivity contribution in [1.82, 2.24) is 9.80 Å². The van der Waals surface area contributed by atoms with E-state index in [9.17, 15) is 9.59 Å². The quantitative estimate of drug-likeness (QED) is 0.465. The lowest BCUT2D eigenvalue weighted by molar-refractivity contribution is -0.116. The highest BCUT2D eigenvalue weighted by Gasteiger charge is 2.10. The molecule has 0 rings (SSSR count). The van der Waals surface area contributed by atoms with Crippen molar-refractivity contribution < 1.29 is 9.59 Å². The molecule has 23 heavy (non-hydrogen) atoms. The first-order valence-corrected chi connectivity index (χ1v) is 9.97. The van der Waals surface area contributed by atoms with Crippen LogP contribution in [-0.2, 0) is 9.59 Å². The van der Waals surface area contributed by atoms with Gasteiger partial charge in [-0.2, -0.15) is 0 Å². The molecule has 0 aromatic rings. The van der Waals surface area contributed by atoms with Gasteiger partial charge in [-0.3, -0.25) is 9.59 Å². The maximum atomic E-state index is 10.8. The summed E-state index contributed by atoms with van der Waals surface area (Å²) in [5, 5.41) is 0.797. The third-order valence-corrected chi connectivity index (χ3v) is 5.58. The molecule has 0 aliphatic heterocycles. The number of hydrogen-bond donors (Lipinski definition) is 2. The van der Waals surface area contributed by atoms with Crippen molar-refractivity contribution in [2.24, 2.45) is 11.5 Å². The third-order valence-electron chi connectivity index (χ3n) is 3.24. The summed E-state index contributed by atoms with van der Waals surface area (Å²) in [7, 11) is 4.21. The molecule has 8 heteroatoms. The Kier molecular flexibility index (Phi) is 12.7. The fraction of sp³-hybridized carbons (Fsp3) is 0.867. The second kappa shape index (κ2) is 12.9. The average Bonchev–Trinajstić information content (AvgIpc) is 2.42. The number of thioether (sulfide) groups is 2. The number of carbonyl (C=O) groups excluding carboxylic acids is 2. The molecule has 0 aliphatic carbocycles. The first-order valence-electron chi connectivity index (χ1n) is 7.87. The number of amides is 2. The van der Waals surface area contributed by atoms with E-state index in [0.29, 0.717) is 22.0 Å². The summed E-state index contributed by atoms with van der Waals surface area (Å²) in [5.74, 6) is 0.265. The van der Waals surface area contributed by atoms with Crippen LogP contribution in [0.15, 0.2) is 0 Å². The minimum absolute atomic E-state index is 0.255. The van der Waals surface area contributed by atoms with Crippen molar-refractivity contribution in [3.8, 4) is 0 Å². The van der Waals surface area contributed by atoms with Gasteiger partial charge >= 0.3 is 0 Å². The van der Waals surface area contributed by atoms with Crippen molar-refractivity contribution in [3.63, 3.8) is 0 Å². The van der Waals surface area contributed by atoms with Crippen LogP contribution in [0.5, 0.6) is 0 Å². The number of nitrogens with zero attached hydrogens (tertiary/aromatic N) is 2. The molecule has 0 heterocycles. The van der Waals surface area contributed by atoms with Crippen molar-refractivity contribution in [1.29, 1.82) is 0 Å². The van der Waals surface area contributed by atoms with Gasteiger partial charge in [0, 0.05) is 23.6 Å². The minimum atomic E-state index is -0.255. The van der Waals surface area contributed by atoms with Gasteiger partial charge in [-0.25, -0.2) is 0 Å². The third kappa shape index (κ3) is 14.9. The van der Waals surface area contributed by atoms with E-state index in [0.717, 1.165) is 32.6 Å². The topological polar surface area (TPSA) is 92.7 Å². The van der Waals surface area contributed by atoms with Crippen LogP contribution in [-0.4, -0.2) is 83.9 Å². The van der Waals surface area contributed by atoms with Gasteiger partial charge in [0.25, 0.3) is 0 Å². The van der Waals surface area contributed by atoms with Gasteiger partial charge in [0.15, 0.2) is 0 Å². The van der Waals surface area contributed by atoms with Gasteiger partial charge in [-0.05, 0) is 33.6 Å². The number of nitrogens with two attached hydrogens (primary N) is 2. The Morgan fingerprint density at radius 1 is 0.870 bits per heavy atom. The van der Waals surface area contributed by atoms with E-state index in [-0.39, 0.29) is 11.8 Å². The second-order valence-corrected chi connectivity index (χ2v) is 8.91. The van der Waals surface area contributed by atoms with Crippen molar-refractivity contribution in [3.05, 3.63) is 0 Å². The highest BCUT2D eigenvalue weighted by molar-refractivity contribution is 8.00. The fourth-order valence-electron chi connectivity index (χ4n) is 2.23. The lowest BCUT2D eigenvalue weighted by Gasteiger charge is -2.24. The van der Waals surface area contributed by atoms with Crippen molar-refractivity contribution in [2.45, 2.75) is 30.8 Å². The number of hydrogen-bond acceptors (Lipinski definition) is 6. The molecule has 2 amide bonds. The van der Waals surface area contributed by atoms with Crippen molar-refractivity contribution >= 4 is 35.3 Å². The summed E-state index contributed by atoms with van der Waals surface area (Å²) < 4.78 is 0. The van der Waals surface area contributed by atoms with Gasteiger partial charge in [-0.1, -0.05) is 13.8 Å². The second-order valence-electron chi connectivity index (χ2n) is 6.05. The van der Waals surface area contributed by atoms with Gasteiger partial charge < -0.3 is 21.3 Å². The predicted octanol–water partition coefficient (Wildman–Crippen LogP) is 0.454. The smallest absolute Gasteiger partial charge is 0.227 e. The van der Waals surface area contributed by atoms with Crippen LogP contribution in [0.4, 0.5) is 0 Å². The van der Waals surface area contributed by atoms with Gasteiger partial charge in [0.2, 0.25) is 11.8 Å². The molecule has 0 aliphatic rings. The van der Waals surface area contributed by atoms with Crippen LogP contribution in [0, 0.1) is 0 Å². The van der Waals surface area contributed by atoms with E-state index in [1.807, 2.05) is 0 Å². The van der Waals surface area contributed by atoms with E-state index in [1.54, 1.807) is 23.5 Å². The van der Waals surface area contributed by atoms with Crippen LogP contribution in [0.25, 0.3) is 0 Å². The molecule has 0 saturated carbocycles. The summed E-state index contributed by atoms with van der Waals surface area (Å²) in [4.78, 5) is 26.1. The molecule has 0 aromatic heterocycles. The molecular formula is C15H32N4O2S2. The zero-order valence-corrected chi connectivity index (χ0v) is 16.4. The van der Waals surface area contributed by atoms with Crippen molar-refractivity contribution in [2.75, 3.05) is 51.8 Å². The Morgan fingerprint density at radius 3 is 1.52 bits per heavy atom. The van der Waals surface area contributed by atoms with Crippen LogP contribution in [0.1, 0.15) is 20.3 Å².